The number of para-hydroxylation sites is 1. The summed E-state index contributed by atoms with van der Waals surface area (Å²) >= 11 is 5.93. The minimum atomic E-state index is -0.432. The second-order valence-corrected chi connectivity index (χ2v) is 7.98. The van der Waals surface area contributed by atoms with Gasteiger partial charge in [0.25, 0.3) is 11.8 Å². The second-order valence-electron chi connectivity index (χ2n) is 7.54. The van der Waals surface area contributed by atoms with E-state index in [2.05, 4.69) is 15.6 Å². The molecular formula is C28H22ClN3O3. The molecule has 0 radical (unpaired) electrons. The highest BCUT2D eigenvalue weighted by molar-refractivity contribution is 6.30. The van der Waals surface area contributed by atoms with Crippen molar-refractivity contribution in [1.82, 2.24) is 15.6 Å². The van der Waals surface area contributed by atoms with Gasteiger partial charge in [0.05, 0.1) is 0 Å². The van der Waals surface area contributed by atoms with Crippen molar-refractivity contribution in [3.8, 4) is 11.5 Å². The minimum absolute atomic E-state index is 0.0934. The fraction of sp³-hybridized carbons (Fsp3) is 0.0357. The molecule has 0 fully saturated rings. The van der Waals surface area contributed by atoms with E-state index in [1.165, 1.54) is 0 Å². The van der Waals surface area contributed by atoms with E-state index in [-0.39, 0.29) is 12.2 Å². The quantitative estimate of drug-likeness (QED) is 0.319. The van der Waals surface area contributed by atoms with Gasteiger partial charge in [-0.25, -0.2) is 0 Å². The van der Waals surface area contributed by atoms with Crippen molar-refractivity contribution in [2.45, 2.75) is 6.54 Å². The van der Waals surface area contributed by atoms with Crippen LogP contribution in [0.15, 0.2) is 109 Å². The maximum atomic E-state index is 13.1. The van der Waals surface area contributed by atoms with Gasteiger partial charge >= 0.3 is 0 Å². The third kappa shape index (κ3) is 7.03. The number of aromatic nitrogens is 1. The summed E-state index contributed by atoms with van der Waals surface area (Å²) < 4.78 is 5.89. The zero-order chi connectivity index (χ0) is 24.5. The van der Waals surface area contributed by atoms with Crippen molar-refractivity contribution < 1.29 is 14.3 Å². The average Bonchev–Trinajstić information content (AvgIpc) is 2.88. The summed E-state index contributed by atoms with van der Waals surface area (Å²) in [7, 11) is 0. The fourth-order valence-corrected chi connectivity index (χ4v) is 3.32. The molecule has 2 N–H and O–H groups in total. The van der Waals surface area contributed by atoms with Crippen LogP contribution in [0.3, 0.4) is 0 Å². The van der Waals surface area contributed by atoms with E-state index in [0.717, 1.165) is 5.56 Å². The van der Waals surface area contributed by atoms with Gasteiger partial charge in [-0.15, -0.1) is 0 Å². The molecule has 3 aromatic carbocycles. The van der Waals surface area contributed by atoms with E-state index < -0.39 is 11.8 Å². The van der Waals surface area contributed by atoms with Crippen molar-refractivity contribution in [3.05, 3.63) is 131 Å². The molecule has 1 heterocycles. The van der Waals surface area contributed by atoms with Crippen LogP contribution >= 0.6 is 11.6 Å². The molecule has 0 bridgehead atoms. The number of halogens is 1. The molecule has 4 rings (SSSR count). The number of pyridine rings is 1. The van der Waals surface area contributed by atoms with Crippen molar-refractivity contribution in [3.63, 3.8) is 0 Å². The van der Waals surface area contributed by atoms with E-state index in [1.54, 1.807) is 60.9 Å². The predicted molar refractivity (Wildman–Crippen MR) is 136 cm³/mol. The summed E-state index contributed by atoms with van der Waals surface area (Å²) in [5, 5.41) is 6.07. The Morgan fingerprint density at radius 3 is 2.31 bits per heavy atom. The van der Waals surface area contributed by atoms with Crippen LogP contribution in [0.2, 0.25) is 5.02 Å². The van der Waals surface area contributed by atoms with Crippen molar-refractivity contribution >= 4 is 29.5 Å². The Morgan fingerprint density at radius 2 is 1.57 bits per heavy atom. The molecule has 0 aliphatic heterocycles. The molecule has 0 atom stereocenters. The predicted octanol–water partition coefficient (Wildman–Crippen LogP) is 5.61. The molecule has 1 aromatic heterocycles. The van der Waals surface area contributed by atoms with Gasteiger partial charge in [-0.3, -0.25) is 14.6 Å². The molecule has 174 valence electrons. The molecule has 0 saturated carbocycles. The first kappa shape index (κ1) is 23.7. The summed E-state index contributed by atoms with van der Waals surface area (Å²) in [6.45, 7) is 0.284. The van der Waals surface area contributed by atoms with Crippen LogP contribution in [0.1, 0.15) is 21.5 Å². The van der Waals surface area contributed by atoms with Crippen molar-refractivity contribution in [1.29, 1.82) is 0 Å². The first-order valence-corrected chi connectivity index (χ1v) is 11.2. The van der Waals surface area contributed by atoms with Crippen LogP contribution in [0.5, 0.6) is 11.5 Å². The lowest BCUT2D eigenvalue weighted by atomic mass is 10.1. The summed E-state index contributed by atoms with van der Waals surface area (Å²) in [5.41, 5.74) is 2.04. The van der Waals surface area contributed by atoms with Crippen LogP contribution in [-0.4, -0.2) is 16.8 Å². The van der Waals surface area contributed by atoms with E-state index in [0.29, 0.717) is 27.6 Å². The van der Waals surface area contributed by atoms with E-state index in [4.69, 9.17) is 16.3 Å². The van der Waals surface area contributed by atoms with Gasteiger partial charge in [-0.05, 0) is 77.9 Å². The number of hydrogen-bond donors (Lipinski definition) is 2. The van der Waals surface area contributed by atoms with E-state index >= 15 is 0 Å². The van der Waals surface area contributed by atoms with Crippen LogP contribution in [0.25, 0.3) is 6.08 Å². The third-order valence-electron chi connectivity index (χ3n) is 4.95. The SMILES string of the molecule is O=C(NCc1ccncc1)C(=Cc1cccc(Oc2ccccc2)c1)NC(=O)c1ccc(Cl)cc1. The molecule has 0 spiro atoms. The molecule has 2 amide bonds. The second kappa shape index (κ2) is 11.6. The molecule has 7 heteroatoms. The summed E-state index contributed by atoms with van der Waals surface area (Å²) in [6, 6.07) is 26.7. The lowest BCUT2D eigenvalue weighted by Gasteiger charge is -2.12. The molecule has 35 heavy (non-hydrogen) atoms. The summed E-state index contributed by atoms with van der Waals surface area (Å²) in [5.74, 6) is 0.438. The maximum absolute atomic E-state index is 13.1. The highest BCUT2D eigenvalue weighted by atomic mass is 35.5. The number of carbonyl (C=O) groups excluding carboxylic acids is 2. The third-order valence-corrected chi connectivity index (χ3v) is 5.20. The standard InChI is InChI=1S/C28H22ClN3O3/c29-23-11-9-22(10-12-23)27(33)32-26(28(34)31-19-20-13-15-30-16-14-20)18-21-5-4-8-25(17-21)35-24-6-2-1-3-7-24/h1-18H,19H2,(H,31,34)(H,32,33). The largest absolute Gasteiger partial charge is 0.457 e. The van der Waals surface area contributed by atoms with Crippen molar-refractivity contribution in [2.24, 2.45) is 0 Å². The zero-order valence-electron chi connectivity index (χ0n) is 18.6. The van der Waals surface area contributed by atoms with Gasteiger partial charge in [-0.1, -0.05) is 41.9 Å². The van der Waals surface area contributed by atoms with Crippen LogP contribution in [0.4, 0.5) is 0 Å². The van der Waals surface area contributed by atoms with E-state index in [9.17, 15) is 9.59 Å². The van der Waals surface area contributed by atoms with Gasteiger partial charge in [0.1, 0.15) is 17.2 Å². The number of rotatable bonds is 8. The Balaban J connectivity index is 1.57. The molecule has 0 aliphatic carbocycles. The Bertz CT molecular complexity index is 1320. The van der Waals surface area contributed by atoms with Gasteiger partial charge in [0.2, 0.25) is 0 Å². The lowest BCUT2D eigenvalue weighted by Crippen LogP contribution is -2.34. The fourth-order valence-electron chi connectivity index (χ4n) is 3.19. The Morgan fingerprint density at radius 1 is 0.857 bits per heavy atom. The molecule has 6 nitrogen and oxygen atoms in total. The number of carbonyl (C=O) groups is 2. The number of benzene rings is 3. The number of hydrogen-bond acceptors (Lipinski definition) is 4. The number of ether oxygens (including phenoxy) is 1. The smallest absolute Gasteiger partial charge is 0.268 e. The normalized spacial score (nSPS) is 10.9. The Hall–Kier alpha value is -4.42. The number of nitrogens with zero attached hydrogens (tertiary/aromatic N) is 1. The lowest BCUT2D eigenvalue weighted by molar-refractivity contribution is -0.117. The Labute approximate surface area is 208 Å². The number of amides is 2. The molecule has 4 aromatic rings. The van der Waals surface area contributed by atoms with Crippen LogP contribution in [0, 0.1) is 0 Å². The Kier molecular flexibility index (Phi) is 7.88. The molecule has 0 aliphatic rings. The first-order valence-electron chi connectivity index (χ1n) is 10.9. The van der Waals surface area contributed by atoms with Gasteiger partial charge < -0.3 is 15.4 Å². The molecule has 0 unspecified atom stereocenters. The highest BCUT2D eigenvalue weighted by Gasteiger charge is 2.15. The highest BCUT2D eigenvalue weighted by Crippen LogP contribution is 2.23. The molecule has 0 saturated heterocycles. The maximum Gasteiger partial charge on any atom is 0.268 e. The van der Waals surface area contributed by atoms with E-state index in [1.807, 2.05) is 48.5 Å². The van der Waals surface area contributed by atoms with Crippen LogP contribution in [-0.2, 0) is 11.3 Å². The number of nitrogens with one attached hydrogen (secondary N) is 2. The van der Waals surface area contributed by atoms with Gasteiger partial charge in [-0.2, -0.15) is 0 Å². The molecular weight excluding hydrogens is 462 g/mol. The zero-order valence-corrected chi connectivity index (χ0v) is 19.4. The minimum Gasteiger partial charge on any atom is -0.457 e. The topological polar surface area (TPSA) is 80.3 Å². The first-order chi connectivity index (χ1) is 17.1. The van der Waals surface area contributed by atoms with Crippen LogP contribution < -0.4 is 15.4 Å². The van der Waals surface area contributed by atoms with Crippen molar-refractivity contribution in [2.75, 3.05) is 0 Å². The summed E-state index contributed by atoms with van der Waals surface area (Å²) in [6.07, 6.45) is 4.91. The average molecular weight is 484 g/mol. The van der Waals surface area contributed by atoms with Gasteiger partial charge in [0.15, 0.2) is 0 Å². The summed E-state index contributed by atoms with van der Waals surface area (Å²) in [4.78, 5) is 29.9. The monoisotopic (exact) mass is 483 g/mol. The van der Waals surface area contributed by atoms with Gasteiger partial charge in [0, 0.05) is 29.5 Å².